The normalized spacial score (nSPS) is 19.9. The molecule has 98 valence electrons. The molecule has 0 N–H and O–H groups in total. The number of amides is 1. The van der Waals surface area contributed by atoms with Crippen molar-refractivity contribution in [1.29, 1.82) is 0 Å². The summed E-state index contributed by atoms with van der Waals surface area (Å²) in [6.07, 6.45) is 5.97. The van der Waals surface area contributed by atoms with E-state index in [4.69, 9.17) is 0 Å². The van der Waals surface area contributed by atoms with E-state index in [9.17, 15) is 9.59 Å². The van der Waals surface area contributed by atoms with Crippen LogP contribution in [0.1, 0.15) is 43.0 Å². The summed E-state index contributed by atoms with van der Waals surface area (Å²) in [5, 5.41) is 0. The van der Waals surface area contributed by atoms with Gasteiger partial charge in [0.05, 0.1) is 0 Å². The molecule has 2 heterocycles. The monoisotopic (exact) mass is 248 g/mol. The van der Waals surface area contributed by atoms with Gasteiger partial charge in [-0.05, 0) is 31.7 Å². The van der Waals surface area contributed by atoms with Crippen LogP contribution in [-0.4, -0.2) is 28.0 Å². The highest BCUT2D eigenvalue weighted by atomic mass is 16.2. The van der Waals surface area contributed by atoms with Gasteiger partial charge in [0.25, 0.3) is 11.5 Å². The first kappa shape index (κ1) is 12.9. The van der Waals surface area contributed by atoms with E-state index in [1.165, 1.54) is 17.1 Å². The van der Waals surface area contributed by atoms with Gasteiger partial charge >= 0.3 is 0 Å². The predicted octanol–water partition coefficient (Wildman–Crippen LogP) is 1.79. The Labute approximate surface area is 107 Å². The van der Waals surface area contributed by atoms with Crippen molar-refractivity contribution in [1.82, 2.24) is 9.47 Å². The minimum atomic E-state index is -0.133. The van der Waals surface area contributed by atoms with E-state index in [1.807, 2.05) is 4.90 Å². The van der Waals surface area contributed by atoms with Gasteiger partial charge < -0.3 is 9.47 Å². The summed E-state index contributed by atoms with van der Waals surface area (Å²) in [6, 6.07) is 3.49. The van der Waals surface area contributed by atoms with Crippen molar-refractivity contribution in [3.05, 3.63) is 34.2 Å². The van der Waals surface area contributed by atoms with E-state index in [1.54, 1.807) is 19.3 Å². The second-order valence-electron chi connectivity index (χ2n) is 4.92. The number of likely N-dealkylation sites (tertiary alicyclic amines) is 1. The zero-order valence-electron chi connectivity index (χ0n) is 11.1. The summed E-state index contributed by atoms with van der Waals surface area (Å²) in [5.41, 5.74) is 0.379. The number of piperidine rings is 1. The molecule has 4 nitrogen and oxygen atoms in total. The minimum absolute atomic E-state index is 0.000694. The fraction of sp³-hybridized carbons (Fsp3) is 0.571. The summed E-state index contributed by atoms with van der Waals surface area (Å²) in [6.45, 7) is 2.92. The highest BCUT2D eigenvalue weighted by molar-refractivity contribution is 5.94. The second-order valence-corrected chi connectivity index (χ2v) is 4.92. The van der Waals surface area contributed by atoms with E-state index in [-0.39, 0.29) is 11.5 Å². The van der Waals surface area contributed by atoms with Crippen molar-refractivity contribution in [2.24, 2.45) is 7.05 Å². The zero-order valence-corrected chi connectivity index (χ0v) is 11.1. The molecule has 0 spiro atoms. The van der Waals surface area contributed by atoms with Crippen LogP contribution in [0.4, 0.5) is 0 Å². The van der Waals surface area contributed by atoms with Crippen LogP contribution in [0.3, 0.4) is 0 Å². The van der Waals surface area contributed by atoms with Gasteiger partial charge in [0.1, 0.15) is 0 Å². The molecule has 0 bridgehead atoms. The molecule has 1 aliphatic heterocycles. The number of aryl methyl sites for hydroxylation is 1. The van der Waals surface area contributed by atoms with Crippen LogP contribution >= 0.6 is 0 Å². The molecule has 1 aromatic rings. The topological polar surface area (TPSA) is 42.3 Å². The summed E-state index contributed by atoms with van der Waals surface area (Å²) in [5.74, 6) is -0.000694. The lowest BCUT2D eigenvalue weighted by Crippen LogP contribution is -2.43. The SMILES string of the molecule is CC[C@H]1CCCCN1C(=O)c1ccn(C)c(=O)c1. The van der Waals surface area contributed by atoms with Gasteiger partial charge in [-0.3, -0.25) is 9.59 Å². The number of carbonyl (C=O) groups excluding carboxylic acids is 1. The van der Waals surface area contributed by atoms with Gasteiger partial charge in [-0.1, -0.05) is 6.92 Å². The van der Waals surface area contributed by atoms with Crippen LogP contribution in [0.15, 0.2) is 23.1 Å². The van der Waals surface area contributed by atoms with E-state index in [0.29, 0.717) is 11.6 Å². The van der Waals surface area contributed by atoms with Gasteiger partial charge in [-0.2, -0.15) is 0 Å². The fourth-order valence-electron chi connectivity index (χ4n) is 2.54. The van der Waals surface area contributed by atoms with Crippen molar-refractivity contribution in [2.45, 2.75) is 38.6 Å². The first-order valence-electron chi connectivity index (χ1n) is 6.61. The van der Waals surface area contributed by atoms with Crippen molar-refractivity contribution in [3.8, 4) is 0 Å². The Morgan fingerprint density at radius 2 is 2.22 bits per heavy atom. The Balaban J connectivity index is 2.24. The Morgan fingerprint density at radius 3 is 2.89 bits per heavy atom. The van der Waals surface area contributed by atoms with Crippen LogP contribution in [0.2, 0.25) is 0 Å². The lowest BCUT2D eigenvalue weighted by molar-refractivity contribution is 0.0607. The van der Waals surface area contributed by atoms with Crippen molar-refractivity contribution >= 4 is 5.91 Å². The van der Waals surface area contributed by atoms with Crippen LogP contribution < -0.4 is 5.56 Å². The molecular formula is C14H20N2O2. The molecule has 1 aliphatic rings. The minimum Gasteiger partial charge on any atom is -0.336 e. The first-order chi connectivity index (χ1) is 8.63. The van der Waals surface area contributed by atoms with Gasteiger partial charge in [-0.25, -0.2) is 0 Å². The summed E-state index contributed by atoms with van der Waals surface area (Å²) in [7, 11) is 1.69. The summed E-state index contributed by atoms with van der Waals surface area (Å²) < 4.78 is 1.48. The van der Waals surface area contributed by atoms with Crippen LogP contribution in [0.5, 0.6) is 0 Å². The highest BCUT2D eigenvalue weighted by Gasteiger charge is 2.26. The molecular weight excluding hydrogens is 228 g/mol. The Morgan fingerprint density at radius 1 is 1.44 bits per heavy atom. The third-order valence-corrected chi connectivity index (χ3v) is 3.71. The largest absolute Gasteiger partial charge is 0.336 e. The Kier molecular flexibility index (Phi) is 3.84. The van der Waals surface area contributed by atoms with Crippen LogP contribution in [0, 0.1) is 0 Å². The van der Waals surface area contributed by atoms with Gasteiger partial charge in [0, 0.05) is 37.5 Å². The van der Waals surface area contributed by atoms with E-state index in [2.05, 4.69) is 6.92 Å². The number of pyridine rings is 1. The first-order valence-corrected chi connectivity index (χ1v) is 6.61. The highest BCUT2D eigenvalue weighted by Crippen LogP contribution is 2.21. The molecule has 18 heavy (non-hydrogen) atoms. The molecule has 0 saturated carbocycles. The maximum Gasteiger partial charge on any atom is 0.254 e. The van der Waals surface area contributed by atoms with E-state index < -0.39 is 0 Å². The zero-order chi connectivity index (χ0) is 13.1. The molecule has 1 aromatic heterocycles. The quantitative estimate of drug-likeness (QED) is 0.800. The number of aromatic nitrogens is 1. The number of nitrogens with zero attached hydrogens (tertiary/aromatic N) is 2. The molecule has 2 rings (SSSR count). The maximum atomic E-state index is 12.4. The predicted molar refractivity (Wildman–Crippen MR) is 70.6 cm³/mol. The standard InChI is InChI=1S/C14H20N2O2/c1-3-12-6-4-5-8-16(12)14(18)11-7-9-15(2)13(17)10-11/h7,9-10,12H,3-6,8H2,1-2H3/t12-/m0/s1. The van der Waals surface area contributed by atoms with Gasteiger partial charge in [0.2, 0.25) is 0 Å². The molecule has 0 unspecified atom stereocenters. The van der Waals surface area contributed by atoms with E-state index >= 15 is 0 Å². The molecule has 1 atom stereocenters. The summed E-state index contributed by atoms with van der Waals surface area (Å²) in [4.78, 5) is 25.9. The Hall–Kier alpha value is -1.58. The van der Waals surface area contributed by atoms with Gasteiger partial charge in [-0.15, -0.1) is 0 Å². The summed E-state index contributed by atoms with van der Waals surface area (Å²) >= 11 is 0. The average molecular weight is 248 g/mol. The molecule has 1 saturated heterocycles. The maximum absolute atomic E-state index is 12.4. The lowest BCUT2D eigenvalue weighted by atomic mass is 9.99. The molecule has 1 amide bonds. The van der Waals surface area contributed by atoms with Crippen LogP contribution in [-0.2, 0) is 7.05 Å². The Bertz CT molecular complexity index is 493. The van der Waals surface area contributed by atoms with Crippen LogP contribution in [0.25, 0.3) is 0 Å². The van der Waals surface area contributed by atoms with Gasteiger partial charge in [0.15, 0.2) is 0 Å². The molecule has 0 aromatic carbocycles. The lowest BCUT2D eigenvalue weighted by Gasteiger charge is -2.35. The van der Waals surface area contributed by atoms with E-state index in [0.717, 1.165) is 25.8 Å². The fourth-order valence-corrected chi connectivity index (χ4v) is 2.54. The van der Waals surface area contributed by atoms with Crippen molar-refractivity contribution in [2.75, 3.05) is 6.54 Å². The third-order valence-electron chi connectivity index (χ3n) is 3.71. The average Bonchev–Trinajstić information content (AvgIpc) is 2.41. The number of hydrogen-bond acceptors (Lipinski definition) is 2. The molecule has 0 radical (unpaired) electrons. The van der Waals surface area contributed by atoms with Crippen molar-refractivity contribution in [3.63, 3.8) is 0 Å². The number of carbonyl (C=O) groups is 1. The molecule has 4 heteroatoms. The number of hydrogen-bond donors (Lipinski definition) is 0. The third kappa shape index (κ3) is 2.47. The molecule has 0 aliphatic carbocycles. The number of rotatable bonds is 2. The molecule has 1 fully saturated rings. The van der Waals surface area contributed by atoms with Crippen molar-refractivity contribution < 1.29 is 4.79 Å². The second kappa shape index (κ2) is 5.38. The smallest absolute Gasteiger partial charge is 0.254 e.